The van der Waals surface area contributed by atoms with Crippen molar-refractivity contribution in [2.45, 2.75) is 20.4 Å². The Bertz CT molecular complexity index is 755. The number of para-hydroxylation sites is 1. The van der Waals surface area contributed by atoms with Gasteiger partial charge in [-0.15, -0.1) is 0 Å². The second kappa shape index (κ2) is 9.10. The number of rotatable bonds is 7. The molecule has 2 aromatic rings. The summed E-state index contributed by atoms with van der Waals surface area (Å²) in [5.74, 6) is -0.743. The lowest BCUT2D eigenvalue weighted by Gasteiger charge is -2.14. The number of halogens is 1. The monoisotopic (exact) mass is 358 g/mol. The molecule has 2 amide bonds. The number of benzene rings is 2. The molecule has 2 rings (SSSR count). The van der Waals surface area contributed by atoms with Gasteiger partial charge >= 0.3 is 0 Å². The van der Waals surface area contributed by atoms with Crippen LogP contribution in [-0.4, -0.2) is 32.0 Å². The molecular weight excluding hydrogens is 333 g/mol. The Balaban J connectivity index is 1.77. The lowest BCUT2D eigenvalue weighted by atomic mass is 10.1. The van der Waals surface area contributed by atoms with Crippen LogP contribution in [0.2, 0.25) is 0 Å². The van der Waals surface area contributed by atoms with E-state index in [2.05, 4.69) is 10.6 Å². The van der Waals surface area contributed by atoms with Gasteiger partial charge in [-0.2, -0.15) is 0 Å². The molecule has 0 aliphatic rings. The van der Waals surface area contributed by atoms with Gasteiger partial charge in [-0.05, 0) is 37.1 Å². The Labute approximate surface area is 153 Å². The van der Waals surface area contributed by atoms with Gasteiger partial charge in [0.25, 0.3) is 5.91 Å². The maximum Gasteiger partial charge on any atom is 0.275 e. The smallest absolute Gasteiger partial charge is 0.275 e. The molecule has 0 fully saturated rings. The van der Waals surface area contributed by atoms with Gasteiger partial charge in [0.2, 0.25) is 5.91 Å². The van der Waals surface area contributed by atoms with Crippen molar-refractivity contribution < 1.29 is 18.9 Å². The van der Waals surface area contributed by atoms with Crippen LogP contribution < -0.4 is 15.5 Å². The van der Waals surface area contributed by atoms with E-state index in [0.29, 0.717) is 6.54 Å². The Hall–Kier alpha value is -2.73. The predicted octanol–water partition coefficient (Wildman–Crippen LogP) is 1.21. The molecule has 2 aromatic carbocycles. The van der Waals surface area contributed by atoms with Gasteiger partial charge in [-0.1, -0.05) is 30.3 Å². The maximum absolute atomic E-state index is 12.9. The fraction of sp³-hybridized carbons (Fsp3) is 0.300. The molecule has 0 aliphatic carbocycles. The minimum atomic E-state index is -0.279. The third-order valence-electron chi connectivity index (χ3n) is 4.07. The number of nitrogens with one attached hydrogen (secondary N) is 3. The van der Waals surface area contributed by atoms with Gasteiger partial charge in [0.1, 0.15) is 12.4 Å². The molecule has 6 heteroatoms. The summed E-state index contributed by atoms with van der Waals surface area (Å²) in [5.41, 5.74) is 3.69. The minimum absolute atomic E-state index is 0.0730. The van der Waals surface area contributed by atoms with E-state index in [0.717, 1.165) is 27.3 Å². The number of carbonyl (C=O) groups is 2. The molecule has 0 aliphatic heterocycles. The van der Waals surface area contributed by atoms with Crippen molar-refractivity contribution >= 4 is 17.5 Å². The van der Waals surface area contributed by atoms with Crippen LogP contribution in [0, 0.1) is 19.7 Å². The first-order valence-electron chi connectivity index (χ1n) is 8.53. The number of amides is 2. The van der Waals surface area contributed by atoms with Gasteiger partial charge < -0.3 is 15.5 Å². The number of carbonyl (C=O) groups excluding carboxylic acids is 2. The molecule has 1 unspecified atom stereocenters. The zero-order valence-electron chi connectivity index (χ0n) is 15.4. The predicted molar refractivity (Wildman–Crippen MR) is 99.4 cm³/mol. The largest absolute Gasteiger partial charge is 0.342 e. The summed E-state index contributed by atoms with van der Waals surface area (Å²) < 4.78 is 12.9. The molecular formula is C20H25FN3O2+. The van der Waals surface area contributed by atoms with E-state index in [4.69, 9.17) is 0 Å². The summed E-state index contributed by atoms with van der Waals surface area (Å²) in [6.45, 7) is 4.61. The van der Waals surface area contributed by atoms with Crippen molar-refractivity contribution in [3.8, 4) is 0 Å². The first kappa shape index (κ1) is 19.6. The average molecular weight is 358 g/mol. The van der Waals surface area contributed by atoms with E-state index in [9.17, 15) is 14.0 Å². The van der Waals surface area contributed by atoms with E-state index >= 15 is 0 Å². The van der Waals surface area contributed by atoms with Crippen LogP contribution in [0.4, 0.5) is 10.1 Å². The van der Waals surface area contributed by atoms with Gasteiger partial charge in [0.05, 0.1) is 13.6 Å². The number of hydrogen-bond donors (Lipinski definition) is 3. The second-order valence-electron chi connectivity index (χ2n) is 6.53. The molecule has 0 radical (unpaired) electrons. The Morgan fingerprint density at radius 3 is 2.23 bits per heavy atom. The molecule has 0 spiro atoms. The molecule has 0 bridgehead atoms. The van der Waals surface area contributed by atoms with Crippen molar-refractivity contribution in [3.05, 3.63) is 65.0 Å². The van der Waals surface area contributed by atoms with E-state index in [1.165, 1.54) is 12.1 Å². The topological polar surface area (TPSA) is 62.6 Å². The van der Waals surface area contributed by atoms with E-state index in [1.807, 2.05) is 39.1 Å². The molecule has 26 heavy (non-hydrogen) atoms. The third kappa shape index (κ3) is 5.97. The number of aryl methyl sites for hydroxylation is 2. The van der Waals surface area contributed by atoms with Crippen molar-refractivity contribution in [2.75, 3.05) is 25.5 Å². The zero-order valence-corrected chi connectivity index (χ0v) is 15.4. The minimum Gasteiger partial charge on any atom is -0.342 e. The summed E-state index contributed by atoms with van der Waals surface area (Å²) in [4.78, 5) is 25.0. The summed E-state index contributed by atoms with van der Waals surface area (Å²) in [6.07, 6.45) is 0. The molecule has 5 nitrogen and oxygen atoms in total. The van der Waals surface area contributed by atoms with Crippen LogP contribution in [0.3, 0.4) is 0 Å². The zero-order chi connectivity index (χ0) is 19.1. The molecule has 0 saturated heterocycles. The molecule has 0 aromatic heterocycles. The number of hydrogen-bond acceptors (Lipinski definition) is 2. The highest BCUT2D eigenvalue weighted by Crippen LogP contribution is 2.18. The lowest BCUT2D eigenvalue weighted by Crippen LogP contribution is -3.08. The van der Waals surface area contributed by atoms with Crippen molar-refractivity contribution in [1.29, 1.82) is 0 Å². The highest BCUT2D eigenvalue weighted by molar-refractivity contribution is 5.95. The van der Waals surface area contributed by atoms with Crippen LogP contribution >= 0.6 is 0 Å². The summed E-state index contributed by atoms with van der Waals surface area (Å²) in [6, 6.07) is 12.0. The summed E-state index contributed by atoms with van der Waals surface area (Å²) in [7, 11) is 1.87. The van der Waals surface area contributed by atoms with Crippen molar-refractivity contribution in [1.82, 2.24) is 5.32 Å². The Morgan fingerprint density at radius 2 is 1.62 bits per heavy atom. The van der Waals surface area contributed by atoms with E-state index in [-0.39, 0.29) is 30.7 Å². The normalized spacial score (nSPS) is 11.7. The van der Waals surface area contributed by atoms with E-state index < -0.39 is 0 Å². The number of likely N-dealkylation sites (N-methyl/N-ethyl adjacent to an activating group) is 1. The maximum atomic E-state index is 12.9. The second-order valence-corrected chi connectivity index (χ2v) is 6.53. The number of anilines is 1. The Kier molecular flexibility index (Phi) is 6.86. The molecule has 3 N–H and O–H groups in total. The van der Waals surface area contributed by atoms with Crippen LogP contribution in [0.25, 0.3) is 0 Å². The van der Waals surface area contributed by atoms with Crippen LogP contribution in [0.1, 0.15) is 16.7 Å². The van der Waals surface area contributed by atoms with Crippen molar-refractivity contribution in [3.63, 3.8) is 0 Å². The fourth-order valence-electron chi connectivity index (χ4n) is 2.72. The number of quaternary nitrogens is 1. The van der Waals surface area contributed by atoms with Gasteiger partial charge in [-0.3, -0.25) is 9.59 Å². The van der Waals surface area contributed by atoms with Crippen LogP contribution in [-0.2, 0) is 16.1 Å². The average Bonchev–Trinajstić information content (AvgIpc) is 2.58. The van der Waals surface area contributed by atoms with Crippen LogP contribution in [0.5, 0.6) is 0 Å². The van der Waals surface area contributed by atoms with Gasteiger partial charge in [-0.25, -0.2) is 4.39 Å². The molecule has 138 valence electrons. The van der Waals surface area contributed by atoms with E-state index in [1.54, 1.807) is 12.1 Å². The van der Waals surface area contributed by atoms with Crippen molar-refractivity contribution in [2.24, 2.45) is 0 Å². The fourth-order valence-corrected chi connectivity index (χ4v) is 2.72. The molecule has 1 atom stereocenters. The summed E-state index contributed by atoms with van der Waals surface area (Å²) in [5, 5.41) is 5.47. The highest BCUT2D eigenvalue weighted by atomic mass is 19.1. The van der Waals surface area contributed by atoms with Gasteiger partial charge in [0, 0.05) is 11.3 Å². The highest BCUT2D eigenvalue weighted by Gasteiger charge is 2.13. The summed E-state index contributed by atoms with van der Waals surface area (Å²) >= 11 is 0. The Morgan fingerprint density at radius 1 is 1.00 bits per heavy atom. The molecule has 0 saturated carbocycles. The van der Waals surface area contributed by atoms with Gasteiger partial charge in [0.15, 0.2) is 6.54 Å². The first-order valence-corrected chi connectivity index (χ1v) is 8.53. The SMILES string of the molecule is Cc1cccc(C)c1NC(=O)CNC(=O)C[NH+](C)Cc1ccc(F)cc1. The first-order chi connectivity index (χ1) is 12.3. The molecule has 0 heterocycles. The quantitative estimate of drug-likeness (QED) is 0.697. The van der Waals surface area contributed by atoms with Crippen LogP contribution in [0.15, 0.2) is 42.5 Å². The third-order valence-corrected chi connectivity index (χ3v) is 4.07. The lowest BCUT2D eigenvalue weighted by molar-refractivity contribution is -0.885. The standard InChI is InChI=1S/C20H24FN3O2/c1-14-5-4-6-15(2)20(14)23-18(25)11-22-19(26)13-24(3)12-16-7-9-17(21)10-8-16/h4-10H,11-13H2,1-3H3,(H,22,26)(H,23,25)/p+1.